The third-order valence-electron chi connectivity index (χ3n) is 2.97. The zero-order chi connectivity index (χ0) is 14.5. The molecule has 0 fully saturated rings. The number of aromatic amines is 1. The number of hydrogen-bond acceptors (Lipinski definition) is 3. The number of rotatable bonds is 4. The van der Waals surface area contributed by atoms with Crippen LogP contribution in [0.2, 0.25) is 0 Å². The molecule has 0 saturated carbocycles. The summed E-state index contributed by atoms with van der Waals surface area (Å²) in [6.07, 6.45) is 1.50. The van der Waals surface area contributed by atoms with E-state index in [1.54, 1.807) is 6.07 Å². The van der Waals surface area contributed by atoms with Gasteiger partial charge in [0.05, 0.1) is 0 Å². The van der Waals surface area contributed by atoms with E-state index in [1.165, 1.54) is 12.3 Å². The highest BCUT2D eigenvalue weighted by molar-refractivity contribution is 5.93. The number of hydrogen-bond donors (Lipinski definition) is 2. The van der Waals surface area contributed by atoms with Crippen LogP contribution in [0, 0.1) is 0 Å². The molecule has 0 radical (unpaired) electrons. The number of carbonyl (C=O) groups excluding carboxylic acids is 1. The number of aromatic nitrogens is 1. The number of nitrogens with one attached hydrogen (secondary N) is 2. The van der Waals surface area contributed by atoms with Gasteiger partial charge in [0.2, 0.25) is 0 Å². The number of H-pyrrole nitrogens is 1. The standard InChI is InChI=1S/C15H17N3O2/c1-18(2)12-7-5-11(6-8-12)10-17-15(20)13-4-3-9-16-14(13)19/h3-9H,10H2,1-2H3,(H,16,19)(H,17,20). The molecule has 1 heterocycles. The van der Waals surface area contributed by atoms with Crippen molar-refractivity contribution in [3.05, 3.63) is 64.1 Å². The predicted octanol–water partition coefficient (Wildman–Crippen LogP) is 1.37. The van der Waals surface area contributed by atoms with E-state index >= 15 is 0 Å². The maximum Gasteiger partial charge on any atom is 0.260 e. The van der Waals surface area contributed by atoms with E-state index in [4.69, 9.17) is 0 Å². The Hall–Kier alpha value is -2.56. The van der Waals surface area contributed by atoms with Crippen LogP contribution in [0.4, 0.5) is 5.69 Å². The summed E-state index contributed by atoms with van der Waals surface area (Å²) in [5.41, 5.74) is 1.82. The van der Waals surface area contributed by atoms with Crippen LogP contribution >= 0.6 is 0 Å². The lowest BCUT2D eigenvalue weighted by Crippen LogP contribution is -2.28. The van der Waals surface area contributed by atoms with E-state index in [2.05, 4.69) is 10.3 Å². The number of amides is 1. The van der Waals surface area contributed by atoms with Gasteiger partial charge in [-0.25, -0.2) is 0 Å². The van der Waals surface area contributed by atoms with Crippen LogP contribution in [0.15, 0.2) is 47.4 Å². The monoisotopic (exact) mass is 271 g/mol. The fourth-order valence-electron chi connectivity index (χ4n) is 1.79. The van der Waals surface area contributed by atoms with Gasteiger partial charge in [-0.15, -0.1) is 0 Å². The van der Waals surface area contributed by atoms with E-state index in [0.29, 0.717) is 6.54 Å². The first-order chi connectivity index (χ1) is 9.58. The normalized spacial score (nSPS) is 10.1. The number of carbonyl (C=O) groups is 1. The molecule has 20 heavy (non-hydrogen) atoms. The zero-order valence-corrected chi connectivity index (χ0v) is 11.5. The first kappa shape index (κ1) is 13.9. The van der Waals surface area contributed by atoms with Crippen LogP contribution in [-0.4, -0.2) is 25.0 Å². The molecule has 0 spiro atoms. The van der Waals surface area contributed by atoms with Crippen LogP contribution in [-0.2, 0) is 6.54 Å². The van der Waals surface area contributed by atoms with Crippen molar-refractivity contribution in [2.75, 3.05) is 19.0 Å². The van der Waals surface area contributed by atoms with Crippen molar-refractivity contribution >= 4 is 11.6 Å². The van der Waals surface area contributed by atoms with E-state index in [0.717, 1.165) is 11.3 Å². The summed E-state index contributed by atoms with van der Waals surface area (Å²) in [6, 6.07) is 11.0. The molecular formula is C15H17N3O2. The Morgan fingerprint density at radius 1 is 1.20 bits per heavy atom. The maximum absolute atomic E-state index is 11.9. The van der Waals surface area contributed by atoms with Crippen molar-refractivity contribution in [1.82, 2.24) is 10.3 Å². The van der Waals surface area contributed by atoms with Gasteiger partial charge in [-0.3, -0.25) is 9.59 Å². The first-order valence-electron chi connectivity index (χ1n) is 6.30. The molecule has 1 aromatic carbocycles. The Morgan fingerprint density at radius 2 is 1.90 bits per heavy atom. The largest absolute Gasteiger partial charge is 0.378 e. The van der Waals surface area contributed by atoms with Gasteiger partial charge in [-0.05, 0) is 29.8 Å². The molecule has 0 bridgehead atoms. The third kappa shape index (κ3) is 3.26. The summed E-state index contributed by atoms with van der Waals surface area (Å²) >= 11 is 0. The minimum atomic E-state index is -0.382. The molecule has 0 unspecified atom stereocenters. The lowest BCUT2D eigenvalue weighted by molar-refractivity contribution is 0.0949. The molecule has 0 aliphatic heterocycles. The van der Waals surface area contributed by atoms with Crippen molar-refractivity contribution in [3.63, 3.8) is 0 Å². The Kier molecular flexibility index (Phi) is 4.20. The summed E-state index contributed by atoms with van der Waals surface area (Å²) in [7, 11) is 3.94. The van der Waals surface area contributed by atoms with Gasteiger partial charge < -0.3 is 15.2 Å². The molecule has 5 nitrogen and oxygen atoms in total. The average molecular weight is 271 g/mol. The van der Waals surface area contributed by atoms with E-state index in [1.807, 2.05) is 43.3 Å². The van der Waals surface area contributed by atoms with Crippen LogP contribution in [0.5, 0.6) is 0 Å². The van der Waals surface area contributed by atoms with Crippen molar-refractivity contribution in [2.45, 2.75) is 6.54 Å². The molecule has 5 heteroatoms. The van der Waals surface area contributed by atoms with E-state index < -0.39 is 0 Å². The number of anilines is 1. The molecule has 104 valence electrons. The lowest BCUT2D eigenvalue weighted by atomic mass is 10.2. The fraction of sp³-hybridized carbons (Fsp3) is 0.200. The minimum Gasteiger partial charge on any atom is -0.378 e. The highest BCUT2D eigenvalue weighted by Crippen LogP contribution is 2.11. The Labute approximate surface area is 117 Å². The molecule has 1 amide bonds. The predicted molar refractivity (Wildman–Crippen MR) is 79.0 cm³/mol. The van der Waals surface area contributed by atoms with Crippen LogP contribution < -0.4 is 15.8 Å². The average Bonchev–Trinajstić information content (AvgIpc) is 2.45. The highest BCUT2D eigenvalue weighted by Gasteiger charge is 2.08. The summed E-state index contributed by atoms with van der Waals surface area (Å²) < 4.78 is 0. The molecule has 1 aromatic heterocycles. The van der Waals surface area contributed by atoms with Crippen LogP contribution in [0.25, 0.3) is 0 Å². The number of pyridine rings is 1. The van der Waals surface area contributed by atoms with Gasteiger partial charge in [0.1, 0.15) is 5.56 Å². The zero-order valence-electron chi connectivity index (χ0n) is 11.5. The van der Waals surface area contributed by atoms with Crippen molar-refractivity contribution < 1.29 is 4.79 Å². The van der Waals surface area contributed by atoms with Gasteiger partial charge in [0, 0.05) is 32.5 Å². The van der Waals surface area contributed by atoms with Gasteiger partial charge in [0.25, 0.3) is 11.5 Å². The molecular weight excluding hydrogens is 254 g/mol. The summed E-state index contributed by atoms with van der Waals surface area (Å²) in [4.78, 5) is 27.8. The Balaban J connectivity index is 2.00. The van der Waals surface area contributed by atoms with Crippen molar-refractivity contribution in [3.8, 4) is 0 Å². The van der Waals surface area contributed by atoms with Crippen molar-refractivity contribution in [2.24, 2.45) is 0 Å². The second-order valence-corrected chi connectivity index (χ2v) is 4.66. The first-order valence-corrected chi connectivity index (χ1v) is 6.30. The number of benzene rings is 1. The van der Waals surface area contributed by atoms with Gasteiger partial charge in [-0.2, -0.15) is 0 Å². The third-order valence-corrected chi connectivity index (χ3v) is 2.97. The van der Waals surface area contributed by atoms with Gasteiger partial charge in [-0.1, -0.05) is 12.1 Å². The second kappa shape index (κ2) is 6.06. The fourth-order valence-corrected chi connectivity index (χ4v) is 1.79. The quantitative estimate of drug-likeness (QED) is 0.882. The molecule has 0 aliphatic rings. The lowest BCUT2D eigenvalue weighted by Gasteiger charge is -2.12. The van der Waals surface area contributed by atoms with E-state index in [-0.39, 0.29) is 17.0 Å². The molecule has 0 atom stereocenters. The maximum atomic E-state index is 11.9. The summed E-state index contributed by atoms with van der Waals surface area (Å²) in [5.74, 6) is -0.372. The SMILES string of the molecule is CN(C)c1ccc(CNC(=O)c2ccc[nH]c2=O)cc1. The van der Waals surface area contributed by atoms with Crippen LogP contribution in [0.3, 0.4) is 0 Å². The summed E-state index contributed by atoms with van der Waals surface area (Å²) in [5, 5.41) is 2.73. The van der Waals surface area contributed by atoms with E-state index in [9.17, 15) is 9.59 Å². The number of nitrogens with zero attached hydrogens (tertiary/aromatic N) is 1. The summed E-state index contributed by atoms with van der Waals surface area (Å²) in [6.45, 7) is 0.390. The smallest absolute Gasteiger partial charge is 0.260 e. The molecule has 0 saturated heterocycles. The van der Waals surface area contributed by atoms with Crippen LogP contribution in [0.1, 0.15) is 15.9 Å². The molecule has 2 N–H and O–H groups in total. The Bertz CT molecular complexity index is 645. The Morgan fingerprint density at radius 3 is 2.50 bits per heavy atom. The molecule has 2 rings (SSSR count). The second-order valence-electron chi connectivity index (χ2n) is 4.66. The van der Waals surface area contributed by atoms with Gasteiger partial charge in [0.15, 0.2) is 0 Å². The van der Waals surface area contributed by atoms with Gasteiger partial charge >= 0.3 is 0 Å². The van der Waals surface area contributed by atoms with Crippen molar-refractivity contribution in [1.29, 1.82) is 0 Å². The topological polar surface area (TPSA) is 65.2 Å². The minimum absolute atomic E-state index is 0.123. The highest BCUT2D eigenvalue weighted by atomic mass is 16.2. The molecule has 0 aliphatic carbocycles. The molecule has 2 aromatic rings.